The molecule has 1 amide bonds. The van der Waals surface area contributed by atoms with Crippen LogP contribution in [0.2, 0.25) is 0 Å². The Morgan fingerprint density at radius 3 is 2.38 bits per heavy atom. The summed E-state index contributed by atoms with van der Waals surface area (Å²) in [4.78, 5) is 14.6. The van der Waals surface area contributed by atoms with Crippen LogP contribution in [0.4, 0.5) is 10.1 Å². The van der Waals surface area contributed by atoms with Crippen molar-refractivity contribution in [2.45, 2.75) is 38.7 Å². The van der Waals surface area contributed by atoms with Gasteiger partial charge in [-0.2, -0.15) is 0 Å². The number of rotatable bonds is 4. The minimum Gasteiger partial charge on any atom is -0.490 e. The van der Waals surface area contributed by atoms with Crippen molar-refractivity contribution in [3.63, 3.8) is 0 Å². The van der Waals surface area contributed by atoms with E-state index >= 15 is 0 Å². The Morgan fingerprint density at radius 2 is 1.77 bits per heavy atom. The van der Waals surface area contributed by atoms with Crippen molar-refractivity contribution in [1.29, 1.82) is 0 Å². The molecule has 138 valence electrons. The highest BCUT2D eigenvalue weighted by atomic mass is 79.9. The predicted molar refractivity (Wildman–Crippen MR) is 105 cm³/mol. The fraction of sp³-hybridized carbons (Fsp3) is 0.381. The first-order chi connectivity index (χ1) is 12.4. The summed E-state index contributed by atoms with van der Waals surface area (Å²) >= 11 is 3.49. The standard InChI is InChI=1S/C21H23BrFNO2/c1-14-13-17(7-12-20(14)22)24(2)21(25)15-3-8-18(9-4-15)26-19-10-5-16(23)6-11-19/h5-7,10-13,15,18H,3-4,8-9H2,1-2H3/t15-,18-. The first kappa shape index (κ1) is 18.9. The van der Waals surface area contributed by atoms with E-state index in [-0.39, 0.29) is 23.7 Å². The van der Waals surface area contributed by atoms with Gasteiger partial charge in [-0.1, -0.05) is 15.9 Å². The second-order valence-corrected chi connectivity index (χ2v) is 7.73. The van der Waals surface area contributed by atoms with Crippen LogP contribution in [0.15, 0.2) is 46.9 Å². The highest BCUT2D eigenvalue weighted by Crippen LogP contribution is 2.31. The molecular weight excluding hydrogens is 397 g/mol. The van der Waals surface area contributed by atoms with Crippen molar-refractivity contribution in [3.05, 3.63) is 58.3 Å². The van der Waals surface area contributed by atoms with Gasteiger partial charge in [-0.25, -0.2) is 4.39 Å². The first-order valence-electron chi connectivity index (χ1n) is 8.90. The van der Waals surface area contributed by atoms with Gasteiger partial charge in [0.15, 0.2) is 0 Å². The second-order valence-electron chi connectivity index (χ2n) is 6.88. The summed E-state index contributed by atoms with van der Waals surface area (Å²) in [6.07, 6.45) is 3.38. The number of benzene rings is 2. The van der Waals surface area contributed by atoms with Gasteiger partial charge < -0.3 is 9.64 Å². The lowest BCUT2D eigenvalue weighted by atomic mass is 9.86. The lowest BCUT2D eigenvalue weighted by Gasteiger charge is -2.31. The number of anilines is 1. The molecule has 0 heterocycles. The van der Waals surface area contributed by atoms with Crippen molar-refractivity contribution < 1.29 is 13.9 Å². The van der Waals surface area contributed by atoms with Crippen molar-refractivity contribution in [1.82, 2.24) is 0 Å². The van der Waals surface area contributed by atoms with Gasteiger partial charge in [0.2, 0.25) is 5.91 Å². The van der Waals surface area contributed by atoms with E-state index in [1.54, 1.807) is 17.0 Å². The summed E-state index contributed by atoms with van der Waals surface area (Å²) in [6.45, 7) is 2.02. The Balaban J connectivity index is 1.55. The fourth-order valence-corrected chi connectivity index (χ4v) is 3.62. The number of halogens is 2. The van der Waals surface area contributed by atoms with Crippen LogP contribution in [0.5, 0.6) is 5.75 Å². The second kappa shape index (κ2) is 8.21. The smallest absolute Gasteiger partial charge is 0.229 e. The molecule has 0 spiro atoms. The van der Waals surface area contributed by atoms with Gasteiger partial charge >= 0.3 is 0 Å². The molecular formula is C21H23BrFNO2. The highest BCUT2D eigenvalue weighted by Gasteiger charge is 2.29. The molecule has 0 bridgehead atoms. The van der Waals surface area contributed by atoms with Gasteiger partial charge in [0.1, 0.15) is 11.6 Å². The highest BCUT2D eigenvalue weighted by molar-refractivity contribution is 9.10. The molecule has 3 nitrogen and oxygen atoms in total. The Hall–Kier alpha value is -1.88. The van der Waals surface area contributed by atoms with Gasteiger partial charge in [0.25, 0.3) is 0 Å². The summed E-state index contributed by atoms with van der Waals surface area (Å²) in [7, 11) is 1.84. The van der Waals surface area contributed by atoms with Crippen LogP contribution in [0.3, 0.4) is 0 Å². The normalized spacial score (nSPS) is 19.8. The summed E-state index contributed by atoms with van der Waals surface area (Å²) < 4.78 is 19.9. The Bertz CT molecular complexity index is 770. The largest absolute Gasteiger partial charge is 0.490 e. The minimum absolute atomic E-state index is 0.0250. The molecule has 1 aliphatic carbocycles. The number of carbonyl (C=O) groups is 1. The van der Waals surface area contributed by atoms with E-state index in [4.69, 9.17) is 4.74 Å². The van der Waals surface area contributed by atoms with Crippen molar-refractivity contribution in [2.24, 2.45) is 5.92 Å². The number of amides is 1. The van der Waals surface area contributed by atoms with Crippen LogP contribution in [-0.4, -0.2) is 19.1 Å². The zero-order valence-corrected chi connectivity index (χ0v) is 16.6. The van der Waals surface area contributed by atoms with E-state index < -0.39 is 0 Å². The zero-order valence-electron chi connectivity index (χ0n) is 15.0. The predicted octanol–water partition coefficient (Wildman–Crippen LogP) is 5.50. The monoisotopic (exact) mass is 419 g/mol. The van der Waals surface area contributed by atoms with Crippen LogP contribution in [-0.2, 0) is 4.79 Å². The number of hydrogen-bond acceptors (Lipinski definition) is 2. The maximum atomic E-state index is 13.0. The van der Waals surface area contributed by atoms with Gasteiger partial charge in [-0.05, 0) is 80.6 Å². The van der Waals surface area contributed by atoms with Gasteiger partial charge in [0, 0.05) is 23.1 Å². The third-order valence-corrected chi connectivity index (χ3v) is 5.89. The van der Waals surface area contributed by atoms with E-state index in [2.05, 4.69) is 15.9 Å². The fourth-order valence-electron chi connectivity index (χ4n) is 3.37. The SMILES string of the molecule is Cc1cc(N(C)C(=O)[C@H]2CC[C@H](Oc3ccc(F)cc3)CC2)ccc1Br. The molecule has 0 aromatic heterocycles. The summed E-state index contributed by atoms with van der Waals surface area (Å²) in [5.74, 6) is 0.602. The number of hydrogen-bond donors (Lipinski definition) is 0. The van der Waals surface area contributed by atoms with Crippen LogP contribution in [0.25, 0.3) is 0 Å². The Morgan fingerprint density at radius 1 is 1.12 bits per heavy atom. The van der Waals surface area contributed by atoms with Crippen LogP contribution in [0, 0.1) is 18.7 Å². The number of aryl methyl sites for hydroxylation is 1. The van der Waals surface area contributed by atoms with E-state index in [9.17, 15) is 9.18 Å². The maximum Gasteiger partial charge on any atom is 0.229 e. The zero-order chi connectivity index (χ0) is 18.7. The van der Waals surface area contributed by atoms with Crippen molar-refractivity contribution >= 4 is 27.5 Å². The molecule has 26 heavy (non-hydrogen) atoms. The Kier molecular flexibility index (Phi) is 5.97. The van der Waals surface area contributed by atoms with Gasteiger partial charge in [-0.15, -0.1) is 0 Å². The lowest BCUT2D eigenvalue weighted by molar-refractivity contribution is -0.123. The molecule has 2 aromatic carbocycles. The average Bonchev–Trinajstić information content (AvgIpc) is 2.65. The van der Waals surface area contributed by atoms with Crippen LogP contribution in [0.1, 0.15) is 31.2 Å². The Labute approximate surface area is 162 Å². The van der Waals surface area contributed by atoms with E-state index in [0.29, 0.717) is 5.75 Å². The molecule has 0 atom stereocenters. The number of nitrogens with zero attached hydrogens (tertiary/aromatic N) is 1. The third-order valence-electron chi connectivity index (χ3n) is 5.00. The molecule has 1 aliphatic rings. The van der Waals surface area contributed by atoms with Crippen molar-refractivity contribution in [2.75, 3.05) is 11.9 Å². The lowest BCUT2D eigenvalue weighted by Crippen LogP contribution is -2.36. The molecule has 0 saturated heterocycles. The topological polar surface area (TPSA) is 29.5 Å². The van der Waals surface area contributed by atoms with Crippen LogP contribution < -0.4 is 9.64 Å². The number of carbonyl (C=O) groups excluding carboxylic acids is 1. The molecule has 0 aliphatic heterocycles. The van der Waals surface area contributed by atoms with Crippen molar-refractivity contribution in [3.8, 4) is 5.75 Å². The van der Waals surface area contributed by atoms with E-state index in [1.165, 1.54) is 12.1 Å². The summed E-state index contributed by atoms with van der Waals surface area (Å²) in [5.41, 5.74) is 2.03. The van der Waals surface area contributed by atoms with Gasteiger partial charge in [-0.3, -0.25) is 4.79 Å². The average molecular weight is 420 g/mol. The molecule has 2 aromatic rings. The quantitative estimate of drug-likeness (QED) is 0.654. The summed E-state index contributed by atoms with van der Waals surface area (Å²) in [5, 5.41) is 0. The first-order valence-corrected chi connectivity index (χ1v) is 9.69. The molecule has 0 radical (unpaired) electrons. The maximum absolute atomic E-state index is 13.0. The third kappa shape index (κ3) is 4.44. The summed E-state index contributed by atoms with van der Waals surface area (Å²) in [6, 6.07) is 12.1. The molecule has 0 unspecified atom stereocenters. The molecule has 5 heteroatoms. The molecule has 1 fully saturated rings. The molecule has 1 saturated carbocycles. The van der Waals surface area contributed by atoms with E-state index in [0.717, 1.165) is 41.4 Å². The number of ether oxygens (including phenoxy) is 1. The molecule has 3 rings (SSSR count). The van der Waals surface area contributed by atoms with Gasteiger partial charge in [0.05, 0.1) is 6.10 Å². The molecule has 0 N–H and O–H groups in total. The van der Waals surface area contributed by atoms with E-state index in [1.807, 2.05) is 32.2 Å². The minimum atomic E-state index is -0.266. The van der Waals surface area contributed by atoms with Crippen LogP contribution >= 0.6 is 15.9 Å².